The molecule has 34 heavy (non-hydrogen) atoms. The zero-order valence-corrected chi connectivity index (χ0v) is 18.1. The second-order valence-electron chi connectivity index (χ2n) is 8.45. The smallest absolute Gasteiger partial charge is 0.144 e. The summed E-state index contributed by atoms with van der Waals surface area (Å²) in [5, 5.41) is 6.19. The largest absolute Gasteiger partial charge is 0.455 e. The lowest BCUT2D eigenvalue weighted by Gasteiger charge is -2.08. The first kappa shape index (κ1) is 14.7. The molecule has 0 aliphatic carbocycles. The lowest BCUT2D eigenvalue weighted by atomic mass is 9.98. The maximum atomic E-state index is 9.00. The van der Waals surface area contributed by atoms with Gasteiger partial charge in [0.15, 0.2) is 0 Å². The molecule has 0 amide bonds. The number of pyridine rings is 1. The van der Waals surface area contributed by atoms with Gasteiger partial charge in [0.25, 0.3) is 0 Å². The molecule has 5 aromatic carbocycles. The monoisotopic (exact) mass is 440 g/mol. The van der Waals surface area contributed by atoms with Gasteiger partial charge in [-0.2, -0.15) is 0 Å². The number of para-hydroxylation sites is 1. The van der Waals surface area contributed by atoms with Crippen LogP contribution in [0.3, 0.4) is 0 Å². The average Bonchev–Trinajstić information content (AvgIpc) is 3.30. The van der Waals surface area contributed by atoms with Crippen molar-refractivity contribution in [3.05, 3.63) is 115 Å². The van der Waals surface area contributed by atoms with Crippen LogP contribution < -0.4 is 0 Å². The average molecular weight is 441 g/mol. The van der Waals surface area contributed by atoms with E-state index in [1.807, 2.05) is 36.4 Å². The molecule has 0 radical (unpaired) electrons. The van der Waals surface area contributed by atoms with Crippen molar-refractivity contribution in [1.82, 2.24) is 4.98 Å². The van der Waals surface area contributed by atoms with Gasteiger partial charge in [0, 0.05) is 32.2 Å². The molecule has 2 aromatic heterocycles. The van der Waals surface area contributed by atoms with Crippen molar-refractivity contribution in [2.45, 2.75) is 6.85 Å². The van der Waals surface area contributed by atoms with E-state index in [2.05, 4.69) is 35.3 Å². The molecule has 0 spiro atoms. The van der Waals surface area contributed by atoms with Crippen molar-refractivity contribution >= 4 is 43.5 Å². The van der Waals surface area contributed by atoms with E-state index in [0.717, 1.165) is 32.3 Å². The molecule has 0 atom stereocenters. The standard InChI is InChI=1S/C32H21NO/c1-20-16-30(33-19-29(20)21-8-3-2-4-9-21)26-13-7-12-25-28-17-23-15-14-22-10-5-6-11-24(22)27(23)18-31(28)34-32(25)26/h2-19H,1H3/i1D3,16D,19D. The molecule has 2 heteroatoms. The number of hydrogen-bond acceptors (Lipinski definition) is 2. The van der Waals surface area contributed by atoms with Gasteiger partial charge in [-0.25, -0.2) is 0 Å². The van der Waals surface area contributed by atoms with Crippen LogP contribution in [0.4, 0.5) is 0 Å². The van der Waals surface area contributed by atoms with Crippen LogP contribution in [-0.4, -0.2) is 4.98 Å². The molecule has 0 bridgehead atoms. The highest BCUT2D eigenvalue weighted by atomic mass is 16.3. The Hall–Kier alpha value is -4.43. The molecule has 0 saturated carbocycles. The SMILES string of the molecule is [2H]c1nc(-c2cccc3c2oc2cc4c(ccc5ccccc54)cc23)c([2H])c(C([2H])([2H])[2H])c1-c1ccccc1. The highest BCUT2D eigenvalue weighted by Crippen LogP contribution is 2.39. The zero-order valence-electron chi connectivity index (χ0n) is 23.1. The Balaban J connectivity index is 1.52. The maximum absolute atomic E-state index is 9.00. The van der Waals surface area contributed by atoms with E-state index >= 15 is 0 Å². The Morgan fingerprint density at radius 2 is 1.53 bits per heavy atom. The van der Waals surface area contributed by atoms with Crippen LogP contribution in [0.5, 0.6) is 0 Å². The normalized spacial score (nSPS) is 14.2. The third-order valence-corrected chi connectivity index (χ3v) is 6.45. The van der Waals surface area contributed by atoms with Crippen LogP contribution >= 0.6 is 0 Å². The molecule has 2 nitrogen and oxygen atoms in total. The maximum Gasteiger partial charge on any atom is 0.144 e. The number of nitrogens with zero attached hydrogens (tertiary/aromatic N) is 1. The van der Waals surface area contributed by atoms with Gasteiger partial charge < -0.3 is 4.42 Å². The fourth-order valence-electron chi connectivity index (χ4n) is 4.80. The molecule has 7 aromatic rings. The third-order valence-electron chi connectivity index (χ3n) is 6.45. The summed E-state index contributed by atoms with van der Waals surface area (Å²) in [4.78, 5) is 4.48. The van der Waals surface area contributed by atoms with Crippen LogP contribution in [0.25, 0.3) is 65.9 Å². The molecule has 0 aliphatic heterocycles. The van der Waals surface area contributed by atoms with Crippen molar-refractivity contribution in [2.75, 3.05) is 0 Å². The molecule has 0 N–H and O–H groups in total. The molecular weight excluding hydrogens is 414 g/mol. The summed E-state index contributed by atoms with van der Waals surface area (Å²) in [7, 11) is 0. The van der Waals surface area contributed by atoms with Crippen molar-refractivity contribution in [1.29, 1.82) is 0 Å². The zero-order chi connectivity index (χ0) is 26.9. The van der Waals surface area contributed by atoms with Gasteiger partial charge in [-0.3, -0.25) is 4.98 Å². The Labute approximate surface area is 204 Å². The molecule has 160 valence electrons. The van der Waals surface area contributed by atoms with Gasteiger partial charge in [-0.15, -0.1) is 0 Å². The summed E-state index contributed by atoms with van der Waals surface area (Å²) in [6.45, 7) is -2.61. The van der Waals surface area contributed by atoms with Crippen LogP contribution in [0.1, 0.15) is 12.4 Å². The van der Waals surface area contributed by atoms with E-state index in [0.29, 0.717) is 22.3 Å². The van der Waals surface area contributed by atoms with Gasteiger partial charge >= 0.3 is 0 Å². The van der Waals surface area contributed by atoms with E-state index < -0.39 is 6.85 Å². The molecule has 0 aliphatic rings. The van der Waals surface area contributed by atoms with Gasteiger partial charge in [0.1, 0.15) is 11.2 Å². The Bertz CT molecular complexity index is 2080. The number of hydrogen-bond donors (Lipinski definition) is 0. The van der Waals surface area contributed by atoms with E-state index in [1.54, 1.807) is 30.3 Å². The second-order valence-corrected chi connectivity index (χ2v) is 8.45. The lowest BCUT2D eigenvalue weighted by Crippen LogP contribution is -1.90. The van der Waals surface area contributed by atoms with Crippen molar-refractivity contribution in [3.63, 3.8) is 0 Å². The van der Waals surface area contributed by atoms with Crippen LogP contribution in [0, 0.1) is 6.85 Å². The highest BCUT2D eigenvalue weighted by Gasteiger charge is 2.15. The minimum atomic E-state index is -2.61. The number of furan rings is 1. The number of rotatable bonds is 2. The fourth-order valence-corrected chi connectivity index (χ4v) is 4.80. The Kier molecular flexibility index (Phi) is 3.15. The first-order valence-corrected chi connectivity index (χ1v) is 11.2. The highest BCUT2D eigenvalue weighted by molar-refractivity contribution is 6.17. The molecule has 2 heterocycles. The second kappa shape index (κ2) is 7.29. The predicted octanol–water partition coefficient (Wildman–Crippen LogP) is 8.93. The molecule has 0 saturated heterocycles. The van der Waals surface area contributed by atoms with Crippen LogP contribution in [-0.2, 0) is 0 Å². The minimum Gasteiger partial charge on any atom is -0.455 e. The van der Waals surface area contributed by atoms with Gasteiger partial charge in [0.05, 0.1) is 8.44 Å². The summed E-state index contributed by atoms with van der Waals surface area (Å²) in [5.74, 6) is 0. The van der Waals surface area contributed by atoms with Crippen molar-refractivity contribution < 1.29 is 11.3 Å². The summed E-state index contributed by atoms with van der Waals surface area (Å²) in [6, 6.07) is 30.7. The Morgan fingerprint density at radius 1 is 0.706 bits per heavy atom. The number of aromatic nitrogens is 1. The predicted molar refractivity (Wildman–Crippen MR) is 142 cm³/mol. The molecule has 0 unspecified atom stereocenters. The number of fused-ring (bicyclic) bond motifs is 6. The summed E-state index contributed by atoms with van der Waals surface area (Å²) >= 11 is 0. The van der Waals surface area contributed by atoms with E-state index in [-0.39, 0.29) is 29.0 Å². The summed E-state index contributed by atoms with van der Waals surface area (Å²) in [6.07, 6.45) is -0.191. The topological polar surface area (TPSA) is 26.0 Å². The van der Waals surface area contributed by atoms with E-state index in [1.165, 1.54) is 0 Å². The van der Waals surface area contributed by atoms with Gasteiger partial charge in [-0.05, 0) is 63.8 Å². The van der Waals surface area contributed by atoms with Crippen molar-refractivity contribution in [3.8, 4) is 22.4 Å². The van der Waals surface area contributed by atoms with Gasteiger partial charge in [0.2, 0.25) is 0 Å². The van der Waals surface area contributed by atoms with Crippen molar-refractivity contribution in [2.24, 2.45) is 0 Å². The molecule has 0 fully saturated rings. The van der Waals surface area contributed by atoms with Crippen LogP contribution in [0.15, 0.2) is 114 Å². The fraction of sp³-hybridized carbons (Fsp3) is 0.0312. The first-order chi connectivity index (χ1) is 18.8. The summed E-state index contributed by atoms with van der Waals surface area (Å²) in [5.41, 5.74) is 2.31. The third kappa shape index (κ3) is 2.85. The number of benzene rings is 5. The molecular formula is C32H21NO. The van der Waals surface area contributed by atoms with E-state index in [9.17, 15) is 0 Å². The Morgan fingerprint density at radius 3 is 2.44 bits per heavy atom. The van der Waals surface area contributed by atoms with Gasteiger partial charge in [-0.1, -0.05) is 78.9 Å². The summed E-state index contributed by atoms with van der Waals surface area (Å²) < 4.78 is 48.8. The quantitative estimate of drug-likeness (QED) is 0.251. The lowest BCUT2D eigenvalue weighted by molar-refractivity contribution is 0.670. The van der Waals surface area contributed by atoms with E-state index in [4.69, 9.17) is 11.3 Å². The minimum absolute atomic E-state index is 0.116. The van der Waals surface area contributed by atoms with Crippen LogP contribution in [0.2, 0.25) is 0 Å². The first-order valence-electron chi connectivity index (χ1n) is 13.7. The molecule has 7 rings (SSSR count).